The quantitative estimate of drug-likeness (QED) is 0.0545. The van der Waals surface area contributed by atoms with Gasteiger partial charge in [-0.05, 0) is 87.6 Å². The lowest BCUT2D eigenvalue weighted by Gasteiger charge is -2.21. The molecule has 0 spiro atoms. The van der Waals surface area contributed by atoms with Crippen LogP contribution in [0.3, 0.4) is 0 Å². The van der Waals surface area contributed by atoms with E-state index in [1.807, 2.05) is 0 Å². The molecular weight excluding hydrogens is 610 g/mol. The third-order valence-corrected chi connectivity index (χ3v) is 10.0. The highest BCUT2D eigenvalue weighted by Crippen LogP contribution is 2.27. The van der Waals surface area contributed by atoms with Gasteiger partial charge in [0, 0.05) is 13.0 Å². The molecule has 6 nitrogen and oxygen atoms in total. The van der Waals surface area contributed by atoms with Gasteiger partial charge in [0.15, 0.2) is 0 Å². The van der Waals surface area contributed by atoms with Crippen LogP contribution in [0.4, 0.5) is 0 Å². The number of carboxylic acid groups (broad SMARTS) is 1. The first-order chi connectivity index (χ1) is 24.0. The maximum Gasteiger partial charge on any atom is 0.310 e. The lowest BCUT2D eigenvalue weighted by Crippen LogP contribution is -2.29. The molecular formula is C43H77NO5. The van der Waals surface area contributed by atoms with Crippen LogP contribution < -0.4 is 0 Å². The van der Waals surface area contributed by atoms with E-state index in [9.17, 15) is 19.8 Å². The molecule has 0 aliphatic rings. The summed E-state index contributed by atoms with van der Waals surface area (Å²) in [5, 5.41) is 19.7. The summed E-state index contributed by atoms with van der Waals surface area (Å²) in [4.78, 5) is 26.6. The molecule has 1 atom stereocenters. The van der Waals surface area contributed by atoms with Crippen molar-refractivity contribution in [3.63, 3.8) is 0 Å². The van der Waals surface area contributed by atoms with Gasteiger partial charge in [0.05, 0.1) is 19.1 Å². The molecule has 49 heavy (non-hydrogen) atoms. The Balaban J connectivity index is 2.27. The van der Waals surface area contributed by atoms with Gasteiger partial charge in [-0.2, -0.15) is 0 Å². The first-order valence-electron chi connectivity index (χ1n) is 20.8. The molecule has 0 saturated carbocycles. The number of ether oxygens (including phenoxy) is 1. The Labute approximate surface area is 302 Å². The third kappa shape index (κ3) is 24.0. The molecule has 0 aliphatic carbocycles. The molecule has 0 fully saturated rings. The van der Waals surface area contributed by atoms with Crippen molar-refractivity contribution in [2.45, 2.75) is 194 Å². The van der Waals surface area contributed by atoms with Gasteiger partial charge in [-0.1, -0.05) is 142 Å². The normalized spacial score (nSPS) is 12.1. The van der Waals surface area contributed by atoms with Crippen LogP contribution in [0.25, 0.3) is 0 Å². The van der Waals surface area contributed by atoms with Crippen LogP contribution in [0, 0.1) is 0 Å². The van der Waals surface area contributed by atoms with Crippen LogP contribution >= 0.6 is 0 Å². The van der Waals surface area contributed by atoms with E-state index in [0.29, 0.717) is 26.0 Å². The summed E-state index contributed by atoms with van der Waals surface area (Å²) in [5.74, 6) is -1.18. The van der Waals surface area contributed by atoms with Crippen LogP contribution in [-0.4, -0.2) is 59.9 Å². The largest absolute Gasteiger partial charge is 0.481 e. The summed E-state index contributed by atoms with van der Waals surface area (Å²) in [6, 6.07) is 6.52. The number of hydrogen-bond acceptors (Lipinski definition) is 5. The number of aryl methyl sites for hydroxylation is 2. The number of aliphatic carboxylic acids is 1. The Morgan fingerprint density at radius 2 is 1.16 bits per heavy atom. The molecule has 1 aromatic carbocycles. The van der Waals surface area contributed by atoms with Crippen molar-refractivity contribution in [1.82, 2.24) is 4.90 Å². The Morgan fingerprint density at radius 1 is 0.633 bits per heavy atom. The highest BCUT2D eigenvalue weighted by Gasteiger charge is 2.20. The molecule has 0 saturated heterocycles. The molecule has 284 valence electrons. The molecule has 1 aromatic rings. The number of aliphatic hydroxyl groups is 1. The van der Waals surface area contributed by atoms with E-state index in [0.717, 1.165) is 102 Å². The van der Waals surface area contributed by atoms with Crippen molar-refractivity contribution in [2.24, 2.45) is 0 Å². The molecule has 1 rings (SSSR count). The first kappa shape index (κ1) is 45.1. The number of nitrogens with zero attached hydrogens (tertiary/aromatic N) is 1. The number of carboxylic acids is 1. The number of benzene rings is 1. The number of rotatable bonds is 35. The maximum absolute atomic E-state index is 12.3. The Kier molecular flexibility index (Phi) is 29.5. The van der Waals surface area contributed by atoms with Crippen LogP contribution in [0.15, 0.2) is 18.2 Å². The molecule has 2 N–H and O–H groups in total. The average molecular weight is 688 g/mol. The summed E-state index contributed by atoms with van der Waals surface area (Å²) < 4.78 is 5.40. The van der Waals surface area contributed by atoms with Crippen LogP contribution in [0.2, 0.25) is 0 Å². The number of carbonyl (C=O) groups is 2. The van der Waals surface area contributed by atoms with Gasteiger partial charge < -0.3 is 19.8 Å². The van der Waals surface area contributed by atoms with Gasteiger partial charge >= 0.3 is 11.9 Å². The van der Waals surface area contributed by atoms with Gasteiger partial charge in [-0.25, -0.2) is 0 Å². The van der Waals surface area contributed by atoms with Crippen LogP contribution in [0.1, 0.15) is 197 Å². The zero-order valence-corrected chi connectivity index (χ0v) is 32.3. The zero-order chi connectivity index (χ0) is 35.8. The van der Waals surface area contributed by atoms with Crippen molar-refractivity contribution < 1.29 is 24.5 Å². The van der Waals surface area contributed by atoms with Crippen molar-refractivity contribution in [1.29, 1.82) is 0 Å². The second-order valence-corrected chi connectivity index (χ2v) is 14.5. The Morgan fingerprint density at radius 3 is 1.78 bits per heavy atom. The summed E-state index contributed by atoms with van der Waals surface area (Å²) in [6.45, 7) is 10.1. The second-order valence-electron chi connectivity index (χ2n) is 14.5. The van der Waals surface area contributed by atoms with Crippen LogP contribution in [0.5, 0.6) is 0 Å². The van der Waals surface area contributed by atoms with Crippen molar-refractivity contribution in [2.75, 3.05) is 32.8 Å². The van der Waals surface area contributed by atoms with Crippen LogP contribution in [-0.2, 0) is 27.2 Å². The van der Waals surface area contributed by atoms with Gasteiger partial charge in [0.25, 0.3) is 0 Å². The van der Waals surface area contributed by atoms with Gasteiger partial charge in [0.1, 0.15) is 0 Å². The lowest BCUT2D eigenvalue weighted by molar-refractivity contribution is -0.144. The minimum atomic E-state index is -0.703. The van der Waals surface area contributed by atoms with Crippen molar-refractivity contribution in [3.8, 4) is 0 Å². The zero-order valence-electron chi connectivity index (χ0n) is 32.3. The van der Waals surface area contributed by atoms with E-state index >= 15 is 0 Å². The van der Waals surface area contributed by atoms with E-state index < -0.39 is 11.9 Å². The van der Waals surface area contributed by atoms with E-state index in [1.54, 1.807) is 0 Å². The Hall–Kier alpha value is -1.92. The molecule has 0 radical (unpaired) electrons. The predicted molar refractivity (Wildman–Crippen MR) is 207 cm³/mol. The summed E-state index contributed by atoms with van der Waals surface area (Å²) >= 11 is 0. The minimum absolute atomic E-state index is 0.0441. The minimum Gasteiger partial charge on any atom is -0.481 e. The fraction of sp³-hybridized carbons (Fsp3) is 0.814. The molecule has 1 unspecified atom stereocenters. The topological polar surface area (TPSA) is 87.1 Å². The molecule has 6 heteroatoms. The molecule has 0 amide bonds. The first-order valence-corrected chi connectivity index (χ1v) is 20.8. The number of hydrogen-bond donors (Lipinski definition) is 2. The SMILES string of the molecule is CCCCCCCCCOC(=O)CCCCCCCN(CCO)CCCCCCC(C(=O)O)c1ccc(CCCCC)c(CCCCC)c1. The predicted octanol–water partition coefficient (Wildman–Crippen LogP) is 11.2. The smallest absolute Gasteiger partial charge is 0.310 e. The van der Waals surface area contributed by atoms with E-state index in [-0.39, 0.29) is 12.6 Å². The lowest BCUT2D eigenvalue weighted by atomic mass is 9.88. The standard InChI is InChI=1S/C43H77NO5/c1-4-7-10-11-12-18-25-36-49-42(46)29-22-14-13-16-23-32-44(34-35-45)33-24-17-15-21-28-41(43(47)48)40-31-30-38(26-19-8-5-2)39(37-40)27-20-9-6-3/h30-31,37,41,45H,4-29,32-36H2,1-3H3,(H,47,48). The summed E-state index contributed by atoms with van der Waals surface area (Å²) in [6.07, 6.45) is 28.7. The summed E-state index contributed by atoms with van der Waals surface area (Å²) in [7, 11) is 0. The number of unbranched alkanes of at least 4 members (excludes halogenated alkanes) is 17. The van der Waals surface area contributed by atoms with E-state index in [1.165, 1.54) is 81.8 Å². The molecule has 0 bridgehead atoms. The number of aliphatic hydroxyl groups excluding tert-OH is 1. The van der Waals surface area contributed by atoms with E-state index in [2.05, 4.69) is 43.9 Å². The maximum atomic E-state index is 12.3. The fourth-order valence-corrected chi connectivity index (χ4v) is 6.87. The van der Waals surface area contributed by atoms with Gasteiger partial charge in [-0.3, -0.25) is 9.59 Å². The van der Waals surface area contributed by atoms with Crippen molar-refractivity contribution >= 4 is 11.9 Å². The average Bonchev–Trinajstić information content (AvgIpc) is 3.09. The second kappa shape index (κ2) is 32.0. The van der Waals surface area contributed by atoms with Crippen molar-refractivity contribution in [3.05, 3.63) is 34.9 Å². The number of esters is 1. The van der Waals surface area contributed by atoms with E-state index in [4.69, 9.17) is 4.74 Å². The summed E-state index contributed by atoms with van der Waals surface area (Å²) in [5.41, 5.74) is 3.76. The third-order valence-electron chi connectivity index (χ3n) is 10.0. The monoisotopic (exact) mass is 688 g/mol. The fourth-order valence-electron chi connectivity index (χ4n) is 6.87. The molecule has 0 aromatic heterocycles. The number of carbonyl (C=O) groups excluding carboxylic acids is 1. The van der Waals surface area contributed by atoms with Gasteiger partial charge in [0.2, 0.25) is 0 Å². The van der Waals surface area contributed by atoms with Gasteiger partial charge in [-0.15, -0.1) is 0 Å². The highest BCUT2D eigenvalue weighted by atomic mass is 16.5. The molecule has 0 aliphatic heterocycles. The molecule has 0 heterocycles. The highest BCUT2D eigenvalue weighted by molar-refractivity contribution is 5.76. The Bertz CT molecular complexity index is 935.